The highest BCUT2D eigenvalue weighted by molar-refractivity contribution is 6.31. The number of carboxylic acid groups (broad SMARTS) is 1. The zero-order valence-corrected chi connectivity index (χ0v) is 31.2. The molecule has 1 saturated carbocycles. The summed E-state index contributed by atoms with van der Waals surface area (Å²) in [6.07, 6.45) is 3.65. The Morgan fingerprint density at radius 3 is 2.43 bits per heavy atom. The van der Waals surface area contributed by atoms with E-state index < -0.39 is 11.4 Å². The summed E-state index contributed by atoms with van der Waals surface area (Å²) in [4.78, 5) is 43.8. The second-order valence-corrected chi connectivity index (χ2v) is 15.7. The molecule has 2 heterocycles. The molecule has 2 bridgehead atoms. The largest absolute Gasteiger partial charge is 0.493 e. The van der Waals surface area contributed by atoms with Crippen LogP contribution in [0, 0.1) is 26.2 Å². The van der Waals surface area contributed by atoms with Gasteiger partial charge in [-0.15, -0.1) is 0 Å². The molecule has 8 nitrogen and oxygen atoms in total. The fourth-order valence-electron chi connectivity index (χ4n) is 7.28. The number of hydrogen-bond acceptors (Lipinski definition) is 5. The number of aliphatic carboxylic acids is 1. The zero-order chi connectivity index (χ0) is 36.4. The topological polar surface area (TPSA) is 99.2 Å². The second kappa shape index (κ2) is 15.2. The van der Waals surface area contributed by atoms with Crippen molar-refractivity contribution in [3.05, 3.63) is 105 Å². The van der Waals surface area contributed by atoms with Gasteiger partial charge in [-0.2, -0.15) is 0 Å². The maximum Gasteiger partial charge on any atom is 0.309 e. The third-order valence-electron chi connectivity index (χ3n) is 10.8. The molecule has 0 spiro atoms. The summed E-state index contributed by atoms with van der Waals surface area (Å²) in [5, 5.41) is 13.9. The first-order chi connectivity index (χ1) is 24.3. The lowest BCUT2D eigenvalue weighted by atomic mass is 9.82. The molecule has 51 heavy (non-hydrogen) atoms. The Kier molecular flexibility index (Phi) is 10.9. The molecule has 0 unspecified atom stereocenters. The summed E-state index contributed by atoms with van der Waals surface area (Å²) in [5.41, 5.74) is 7.38. The Labute approximate surface area is 306 Å². The summed E-state index contributed by atoms with van der Waals surface area (Å²) in [6.45, 7) is 11.4. The molecule has 1 aliphatic carbocycles. The number of benzene rings is 3. The minimum absolute atomic E-state index is 0.0222. The second-order valence-electron chi connectivity index (χ2n) is 15.3. The smallest absolute Gasteiger partial charge is 0.309 e. The summed E-state index contributed by atoms with van der Waals surface area (Å²) < 4.78 is 6.20. The van der Waals surface area contributed by atoms with Gasteiger partial charge in [-0.1, -0.05) is 60.1 Å². The molecule has 1 saturated heterocycles. The average molecular weight is 712 g/mol. The van der Waals surface area contributed by atoms with Gasteiger partial charge in [-0.05, 0) is 111 Å². The molecule has 2 amide bonds. The van der Waals surface area contributed by atoms with Gasteiger partial charge in [0, 0.05) is 55.2 Å². The van der Waals surface area contributed by atoms with Crippen molar-refractivity contribution in [2.24, 2.45) is 5.41 Å². The van der Waals surface area contributed by atoms with Crippen LogP contribution in [0.3, 0.4) is 0 Å². The number of halogens is 1. The number of carbonyl (C=O) groups is 3. The maximum absolute atomic E-state index is 14.8. The average Bonchev–Trinajstić information content (AvgIpc) is 3.94. The molecule has 3 aromatic carbocycles. The lowest BCUT2D eigenvalue weighted by Gasteiger charge is -2.45. The molecule has 9 heteroatoms. The molecule has 2 aliphatic heterocycles. The number of fused-ring (bicyclic) bond motifs is 2. The van der Waals surface area contributed by atoms with Crippen LogP contribution in [-0.4, -0.2) is 70.5 Å². The van der Waals surface area contributed by atoms with E-state index in [1.807, 2.05) is 34.1 Å². The van der Waals surface area contributed by atoms with Gasteiger partial charge in [-0.3, -0.25) is 14.4 Å². The number of nitrogens with one attached hydrogen (secondary N) is 1. The lowest BCUT2D eigenvalue weighted by Crippen LogP contribution is -2.62. The molecule has 3 aliphatic rings. The van der Waals surface area contributed by atoms with Gasteiger partial charge in [0.25, 0.3) is 5.91 Å². The molecule has 2 fully saturated rings. The molecule has 0 radical (unpaired) electrons. The molecule has 0 aromatic heterocycles. The van der Waals surface area contributed by atoms with E-state index in [1.54, 1.807) is 13.8 Å². The van der Waals surface area contributed by atoms with E-state index in [1.165, 1.54) is 11.1 Å². The SMILES string of the molecule is Cc1cc(C)c(C)c(OCCc2ccc(C3=C(C(=O)N(Cc4ccccc4Cl)C4CC4)[C@H]4CN(C(=O)CCC(C)(C)C(=O)O)C[C@@H](C3)N4)cc2)c1. The highest BCUT2D eigenvalue weighted by atomic mass is 35.5. The zero-order valence-electron chi connectivity index (χ0n) is 30.4. The number of carboxylic acids is 1. The van der Waals surface area contributed by atoms with Gasteiger partial charge >= 0.3 is 5.97 Å². The van der Waals surface area contributed by atoms with Crippen LogP contribution in [0.2, 0.25) is 5.02 Å². The Bertz CT molecular complexity index is 1830. The quantitative estimate of drug-likeness (QED) is 0.193. The predicted molar refractivity (Wildman–Crippen MR) is 201 cm³/mol. The van der Waals surface area contributed by atoms with Crippen molar-refractivity contribution in [2.45, 2.75) is 97.8 Å². The number of aryl methyl sites for hydroxylation is 2. The van der Waals surface area contributed by atoms with Crippen molar-refractivity contribution in [2.75, 3.05) is 19.7 Å². The molecule has 270 valence electrons. The first-order valence-electron chi connectivity index (χ1n) is 18.2. The van der Waals surface area contributed by atoms with Crippen LogP contribution < -0.4 is 10.1 Å². The van der Waals surface area contributed by atoms with Crippen molar-refractivity contribution >= 4 is 35.0 Å². The summed E-state index contributed by atoms with van der Waals surface area (Å²) >= 11 is 6.58. The first kappa shape index (κ1) is 36.6. The van der Waals surface area contributed by atoms with Crippen molar-refractivity contribution in [1.82, 2.24) is 15.1 Å². The number of nitrogens with zero attached hydrogens (tertiary/aromatic N) is 2. The van der Waals surface area contributed by atoms with E-state index in [0.717, 1.165) is 52.8 Å². The number of ether oxygens (including phenoxy) is 1. The minimum atomic E-state index is -0.992. The van der Waals surface area contributed by atoms with E-state index in [9.17, 15) is 19.5 Å². The number of hydrogen-bond donors (Lipinski definition) is 2. The van der Waals surface area contributed by atoms with E-state index in [0.29, 0.717) is 43.3 Å². The number of amides is 2. The molecular weight excluding hydrogens is 662 g/mol. The van der Waals surface area contributed by atoms with Gasteiger partial charge in [0.15, 0.2) is 0 Å². The minimum Gasteiger partial charge on any atom is -0.493 e. The Morgan fingerprint density at radius 1 is 1.02 bits per heavy atom. The summed E-state index contributed by atoms with van der Waals surface area (Å²) in [5.74, 6) is -0.0878. The third kappa shape index (κ3) is 8.50. The van der Waals surface area contributed by atoms with Crippen LogP contribution >= 0.6 is 11.6 Å². The Hall–Kier alpha value is -4.14. The van der Waals surface area contributed by atoms with Crippen molar-refractivity contribution in [3.63, 3.8) is 0 Å². The van der Waals surface area contributed by atoms with Crippen LogP contribution in [-0.2, 0) is 27.3 Å². The molecule has 3 aromatic rings. The van der Waals surface area contributed by atoms with Crippen LogP contribution in [0.25, 0.3) is 5.57 Å². The molecule has 6 rings (SSSR count). The maximum atomic E-state index is 14.8. The van der Waals surface area contributed by atoms with Crippen molar-refractivity contribution in [3.8, 4) is 5.75 Å². The van der Waals surface area contributed by atoms with Crippen molar-refractivity contribution in [1.29, 1.82) is 0 Å². The first-order valence-corrected chi connectivity index (χ1v) is 18.5. The van der Waals surface area contributed by atoms with Gasteiger partial charge in [0.1, 0.15) is 5.75 Å². The van der Waals surface area contributed by atoms with Crippen LogP contribution in [0.5, 0.6) is 5.75 Å². The standard InChI is InChI=1S/C42H50ClN3O5/c1-26-20-27(2)28(3)37(21-26)51-19-17-29-10-12-30(13-11-29)34-22-32-24-45(38(47)16-18-42(4,5)41(49)50)25-36(44-32)39(34)40(48)46(33-14-15-33)23-31-8-6-7-9-35(31)43/h6-13,20-21,32-33,36,44H,14-19,22-25H2,1-5H3,(H,49,50)/t32-,36-/m1/s1. The molecular formula is C42H50ClN3O5. The Balaban J connectivity index is 1.26. The molecule has 2 atom stereocenters. The highest BCUT2D eigenvalue weighted by Crippen LogP contribution is 2.38. The fraction of sp³-hybridized carbons (Fsp3) is 0.452. The number of carbonyl (C=O) groups excluding carboxylic acids is 2. The normalized spacial score (nSPS) is 18.8. The Morgan fingerprint density at radius 2 is 1.75 bits per heavy atom. The van der Waals surface area contributed by atoms with E-state index in [4.69, 9.17) is 16.3 Å². The molecule has 2 N–H and O–H groups in total. The van der Waals surface area contributed by atoms with Crippen LogP contribution in [0.15, 0.2) is 66.2 Å². The van der Waals surface area contributed by atoms with E-state index in [-0.39, 0.29) is 42.8 Å². The van der Waals surface area contributed by atoms with Crippen LogP contribution in [0.1, 0.15) is 79.3 Å². The van der Waals surface area contributed by atoms with E-state index in [2.05, 4.69) is 62.5 Å². The third-order valence-corrected chi connectivity index (χ3v) is 11.2. The fourth-order valence-corrected chi connectivity index (χ4v) is 7.47. The van der Waals surface area contributed by atoms with Gasteiger partial charge in [-0.25, -0.2) is 0 Å². The monoisotopic (exact) mass is 711 g/mol. The lowest BCUT2D eigenvalue weighted by molar-refractivity contribution is -0.148. The summed E-state index contributed by atoms with van der Waals surface area (Å²) in [7, 11) is 0. The van der Waals surface area contributed by atoms with Gasteiger partial charge < -0.3 is 25.0 Å². The summed E-state index contributed by atoms with van der Waals surface area (Å²) in [6, 6.07) is 20.2. The number of rotatable bonds is 13. The highest BCUT2D eigenvalue weighted by Gasteiger charge is 2.43. The van der Waals surface area contributed by atoms with E-state index >= 15 is 0 Å². The number of piperazine rings is 1. The van der Waals surface area contributed by atoms with Gasteiger partial charge in [0.2, 0.25) is 5.91 Å². The van der Waals surface area contributed by atoms with Crippen molar-refractivity contribution < 1.29 is 24.2 Å². The van der Waals surface area contributed by atoms with Gasteiger partial charge in [0.05, 0.1) is 18.1 Å². The van der Waals surface area contributed by atoms with Crippen LogP contribution in [0.4, 0.5) is 0 Å². The predicted octanol–water partition coefficient (Wildman–Crippen LogP) is 7.30.